The van der Waals surface area contributed by atoms with Crippen molar-refractivity contribution in [2.24, 2.45) is 0 Å². The van der Waals surface area contributed by atoms with Gasteiger partial charge in [0.25, 0.3) is 5.09 Å². The van der Waals surface area contributed by atoms with Crippen LogP contribution < -0.4 is 0 Å². The predicted molar refractivity (Wildman–Crippen MR) is 52.4 cm³/mol. The molecule has 2 rings (SSSR count). The molecule has 1 heterocycles. The molecule has 0 fully saturated rings. The van der Waals surface area contributed by atoms with Gasteiger partial charge in [0.1, 0.15) is 5.82 Å². The zero-order chi connectivity index (χ0) is 11.8. The van der Waals surface area contributed by atoms with Crippen molar-refractivity contribution in [2.45, 2.75) is 5.09 Å². The molecule has 0 amide bonds. The summed E-state index contributed by atoms with van der Waals surface area (Å²) < 4.78 is 51.7. The van der Waals surface area contributed by atoms with Gasteiger partial charge in [0.2, 0.25) is 0 Å². The Bertz CT molecular complexity index is 616. The molecule has 0 bridgehead atoms. The second-order valence-electron chi connectivity index (χ2n) is 3.07. The lowest BCUT2D eigenvalue weighted by Gasteiger charge is -1.99. The van der Waals surface area contributed by atoms with Crippen molar-refractivity contribution in [1.82, 2.24) is 0 Å². The van der Waals surface area contributed by atoms with E-state index in [-0.39, 0.29) is 11.1 Å². The molecule has 0 N–H and O–H groups in total. The maximum atomic E-state index is 12.9. The van der Waals surface area contributed by atoms with Crippen LogP contribution in [0.5, 0.6) is 0 Å². The van der Waals surface area contributed by atoms with Crippen LogP contribution in [0, 0.1) is 5.82 Å². The molecular weight excluding hydrogens is 238 g/mol. The first-order valence-electron chi connectivity index (χ1n) is 4.26. The number of hydrogen-bond acceptors (Lipinski definition) is 3. The maximum Gasteiger partial charge on any atom is 0.366 e. The minimum absolute atomic E-state index is 0.00185. The summed E-state index contributed by atoms with van der Waals surface area (Å²) in [5, 5.41) is -0.807. The van der Waals surface area contributed by atoms with Crippen molar-refractivity contribution in [2.75, 3.05) is 0 Å². The Labute approximate surface area is 90.5 Å². The quantitative estimate of drug-likeness (QED) is 0.763. The van der Waals surface area contributed by atoms with Crippen LogP contribution in [0.25, 0.3) is 11.1 Å². The van der Waals surface area contributed by atoms with Crippen LogP contribution in [0.15, 0.2) is 46.1 Å². The van der Waals surface area contributed by atoms with Crippen molar-refractivity contribution in [3.05, 3.63) is 42.4 Å². The van der Waals surface area contributed by atoms with Gasteiger partial charge in [-0.15, -0.1) is 0 Å². The summed E-state index contributed by atoms with van der Waals surface area (Å²) in [6.07, 6.45) is 1.03. The van der Waals surface area contributed by atoms with E-state index in [4.69, 9.17) is 0 Å². The first kappa shape index (κ1) is 10.8. The zero-order valence-corrected chi connectivity index (χ0v) is 8.67. The summed E-state index contributed by atoms with van der Waals surface area (Å²) in [6.45, 7) is 0. The highest BCUT2D eigenvalue weighted by Crippen LogP contribution is 2.29. The van der Waals surface area contributed by atoms with E-state index in [9.17, 15) is 16.7 Å². The van der Waals surface area contributed by atoms with Crippen LogP contribution in [-0.2, 0) is 10.2 Å². The van der Waals surface area contributed by atoms with Gasteiger partial charge in [0.15, 0.2) is 0 Å². The number of rotatable bonds is 2. The second kappa shape index (κ2) is 3.71. The Morgan fingerprint density at radius 3 is 2.56 bits per heavy atom. The van der Waals surface area contributed by atoms with E-state index in [2.05, 4.69) is 4.42 Å². The Morgan fingerprint density at radius 1 is 1.19 bits per heavy atom. The van der Waals surface area contributed by atoms with Gasteiger partial charge in [-0.1, -0.05) is 16.0 Å². The van der Waals surface area contributed by atoms with Gasteiger partial charge < -0.3 is 4.42 Å². The zero-order valence-electron chi connectivity index (χ0n) is 7.85. The van der Waals surface area contributed by atoms with Gasteiger partial charge in [-0.05, 0) is 23.8 Å². The molecule has 1 aromatic heterocycles. The third-order valence-electron chi connectivity index (χ3n) is 1.99. The molecule has 0 radical (unpaired) electrons. The summed E-state index contributed by atoms with van der Waals surface area (Å²) in [5.74, 6) is -0.541. The lowest BCUT2D eigenvalue weighted by atomic mass is 10.1. The topological polar surface area (TPSA) is 47.3 Å². The van der Waals surface area contributed by atoms with Crippen LogP contribution in [0.4, 0.5) is 8.28 Å². The van der Waals surface area contributed by atoms with Crippen molar-refractivity contribution < 1.29 is 21.1 Å². The summed E-state index contributed by atoms with van der Waals surface area (Å²) in [4.78, 5) is 0. The van der Waals surface area contributed by atoms with Crippen LogP contribution in [0.1, 0.15) is 0 Å². The van der Waals surface area contributed by atoms with Gasteiger partial charge in [-0.2, -0.15) is 8.42 Å². The molecule has 0 aliphatic heterocycles. The van der Waals surface area contributed by atoms with Gasteiger partial charge in [0, 0.05) is 5.56 Å². The monoisotopic (exact) mass is 244 g/mol. The lowest BCUT2D eigenvalue weighted by Crippen LogP contribution is -1.92. The largest absolute Gasteiger partial charge is 0.450 e. The lowest BCUT2D eigenvalue weighted by molar-refractivity contribution is 0.436. The number of hydrogen-bond donors (Lipinski definition) is 0. The third kappa shape index (κ3) is 1.96. The summed E-state index contributed by atoms with van der Waals surface area (Å²) in [5.41, 5.74) is 0.243. The van der Waals surface area contributed by atoms with E-state index < -0.39 is 21.1 Å². The van der Waals surface area contributed by atoms with Gasteiger partial charge in [-0.25, -0.2) is 4.39 Å². The first-order chi connectivity index (χ1) is 7.48. The number of halogens is 2. The SMILES string of the molecule is O=S(=O)(F)c1occc1-c1cccc(F)c1. The summed E-state index contributed by atoms with van der Waals surface area (Å²) >= 11 is 0. The molecule has 0 spiro atoms. The van der Waals surface area contributed by atoms with Crippen LogP contribution in [0.2, 0.25) is 0 Å². The minimum atomic E-state index is -4.94. The second-order valence-corrected chi connectivity index (χ2v) is 4.32. The minimum Gasteiger partial charge on any atom is -0.450 e. The van der Waals surface area contributed by atoms with E-state index in [1.807, 2.05) is 0 Å². The first-order valence-corrected chi connectivity index (χ1v) is 5.65. The number of furan rings is 1. The fraction of sp³-hybridized carbons (Fsp3) is 0. The Morgan fingerprint density at radius 2 is 1.94 bits per heavy atom. The Balaban J connectivity index is 2.62. The molecule has 84 valence electrons. The predicted octanol–water partition coefficient (Wildman–Crippen LogP) is 2.74. The standard InChI is InChI=1S/C10H6F2O3S/c11-8-3-1-2-7(6-8)9-4-5-15-10(9)16(12,13)14/h1-6H. The fourth-order valence-electron chi connectivity index (χ4n) is 1.35. The third-order valence-corrected chi connectivity index (χ3v) is 2.75. The fourth-order valence-corrected chi connectivity index (χ4v) is 1.97. The molecule has 0 aliphatic carbocycles. The average Bonchev–Trinajstić information content (AvgIpc) is 2.65. The average molecular weight is 244 g/mol. The molecule has 0 saturated carbocycles. The highest BCUT2D eigenvalue weighted by molar-refractivity contribution is 7.86. The Hall–Kier alpha value is -1.69. The van der Waals surface area contributed by atoms with Crippen LogP contribution >= 0.6 is 0 Å². The highest BCUT2D eigenvalue weighted by atomic mass is 32.3. The smallest absolute Gasteiger partial charge is 0.366 e. The molecule has 1 aromatic carbocycles. The molecule has 0 unspecified atom stereocenters. The molecule has 3 nitrogen and oxygen atoms in total. The van der Waals surface area contributed by atoms with E-state index in [0.717, 1.165) is 12.3 Å². The summed E-state index contributed by atoms with van der Waals surface area (Å²) in [6, 6.07) is 6.42. The van der Waals surface area contributed by atoms with Crippen molar-refractivity contribution >= 4 is 10.2 Å². The summed E-state index contributed by atoms with van der Waals surface area (Å²) in [7, 11) is -4.94. The molecule has 0 atom stereocenters. The molecular formula is C10H6F2O3S. The highest BCUT2D eigenvalue weighted by Gasteiger charge is 2.22. The Kier molecular flexibility index (Phi) is 2.51. The molecule has 2 aromatic rings. The van der Waals surface area contributed by atoms with E-state index >= 15 is 0 Å². The van der Waals surface area contributed by atoms with Gasteiger partial charge in [-0.3, -0.25) is 0 Å². The van der Waals surface area contributed by atoms with Crippen molar-refractivity contribution in [3.8, 4) is 11.1 Å². The number of benzene rings is 1. The van der Waals surface area contributed by atoms with Crippen LogP contribution in [0.3, 0.4) is 0 Å². The van der Waals surface area contributed by atoms with Gasteiger partial charge in [0.05, 0.1) is 6.26 Å². The molecule has 0 aliphatic rings. The van der Waals surface area contributed by atoms with Crippen molar-refractivity contribution in [3.63, 3.8) is 0 Å². The molecule has 6 heteroatoms. The molecule has 16 heavy (non-hydrogen) atoms. The van der Waals surface area contributed by atoms with Crippen LogP contribution in [-0.4, -0.2) is 8.42 Å². The van der Waals surface area contributed by atoms with Crippen molar-refractivity contribution in [1.29, 1.82) is 0 Å². The van der Waals surface area contributed by atoms with E-state index in [1.165, 1.54) is 24.3 Å². The van der Waals surface area contributed by atoms with E-state index in [0.29, 0.717) is 0 Å². The maximum absolute atomic E-state index is 12.9. The van der Waals surface area contributed by atoms with Gasteiger partial charge >= 0.3 is 10.2 Å². The normalized spacial score (nSPS) is 11.6. The van der Waals surface area contributed by atoms with E-state index in [1.54, 1.807) is 0 Å². The molecule has 0 saturated heterocycles.